The van der Waals surface area contributed by atoms with Gasteiger partial charge in [0.05, 0.1) is 17.2 Å². The molecule has 0 unspecified atom stereocenters. The lowest BCUT2D eigenvalue weighted by atomic mass is 9.98. The van der Waals surface area contributed by atoms with Gasteiger partial charge in [0.25, 0.3) is 5.91 Å². The van der Waals surface area contributed by atoms with Gasteiger partial charge in [-0.2, -0.15) is 0 Å². The third-order valence-electron chi connectivity index (χ3n) is 5.45. The van der Waals surface area contributed by atoms with Crippen molar-refractivity contribution in [2.45, 2.75) is 31.3 Å². The van der Waals surface area contributed by atoms with Crippen LogP contribution in [-0.4, -0.2) is 69.4 Å². The molecule has 3 heterocycles. The number of fused-ring (bicyclic) bond motifs is 1. The maximum absolute atomic E-state index is 14.1. The van der Waals surface area contributed by atoms with E-state index < -0.39 is 55.6 Å². The number of pyridine rings is 1. The number of ether oxygens (including phenoxy) is 2. The zero-order valence-corrected chi connectivity index (χ0v) is 19.4. The molecule has 1 aromatic carbocycles. The molecule has 1 aliphatic rings. The molecule has 3 aromatic rings. The van der Waals surface area contributed by atoms with Crippen molar-refractivity contribution in [1.29, 1.82) is 0 Å². The summed E-state index contributed by atoms with van der Waals surface area (Å²) in [5, 5.41) is 20.0. The molecular formula is C21H18ClF4N5O6. The van der Waals surface area contributed by atoms with Gasteiger partial charge >= 0.3 is 18.5 Å². The lowest BCUT2D eigenvalue weighted by Gasteiger charge is -2.36. The maximum Gasteiger partial charge on any atom is 0.522 e. The van der Waals surface area contributed by atoms with Gasteiger partial charge in [0.1, 0.15) is 18.2 Å². The molecular weight excluding hydrogens is 530 g/mol. The van der Waals surface area contributed by atoms with Crippen LogP contribution in [0.25, 0.3) is 10.9 Å². The van der Waals surface area contributed by atoms with Gasteiger partial charge < -0.3 is 19.6 Å². The van der Waals surface area contributed by atoms with E-state index in [1.165, 1.54) is 24.4 Å². The number of carboxylic acid groups (broad SMARTS) is 1. The van der Waals surface area contributed by atoms with E-state index in [1.54, 1.807) is 0 Å². The molecule has 11 nitrogen and oxygen atoms in total. The first kappa shape index (κ1) is 26.3. The summed E-state index contributed by atoms with van der Waals surface area (Å²) in [6.07, 6.45) is -4.85. The highest BCUT2D eigenvalue weighted by atomic mass is 35.5. The van der Waals surface area contributed by atoms with E-state index in [1.807, 2.05) is 0 Å². The Labute approximate surface area is 210 Å². The number of nitrogens with zero attached hydrogens (tertiary/aromatic N) is 4. The van der Waals surface area contributed by atoms with Crippen molar-refractivity contribution >= 4 is 34.5 Å². The van der Waals surface area contributed by atoms with E-state index >= 15 is 0 Å². The second kappa shape index (κ2) is 10.7. The lowest BCUT2D eigenvalue weighted by Crippen LogP contribution is -2.50. The molecule has 2 amide bonds. The highest BCUT2D eigenvalue weighted by molar-refractivity contribution is 6.31. The van der Waals surface area contributed by atoms with E-state index in [-0.39, 0.29) is 35.0 Å². The summed E-state index contributed by atoms with van der Waals surface area (Å²) in [6, 6.07) is 2.87. The number of carbonyl (C=O) groups is 2. The quantitative estimate of drug-likeness (QED) is 0.332. The first-order valence-electron chi connectivity index (χ1n) is 10.7. The predicted octanol–water partition coefficient (Wildman–Crippen LogP) is 3.94. The van der Waals surface area contributed by atoms with Crippen molar-refractivity contribution < 1.29 is 46.1 Å². The van der Waals surface area contributed by atoms with Crippen LogP contribution in [0, 0.1) is 5.82 Å². The number of halogens is 5. The fourth-order valence-corrected chi connectivity index (χ4v) is 3.94. The Morgan fingerprint density at radius 3 is 2.76 bits per heavy atom. The summed E-state index contributed by atoms with van der Waals surface area (Å²) in [5.74, 6) is -1.35. The Hall–Kier alpha value is -3.72. The molecule has 0 radical (unpaired) electrons. The van der Waals surface area contributed by atoms with E-state index in [0.717, 1.165) is 4.90 Å². The van der Waals surface area contributed by atoms with E-state index in [4.69, 9.17) is 20.8 Å². The number of alkyl halides is 3. The first-order chi connectivity index (χ1) is 17.5. The van der Waals surface area contributed by atoms with Crippen LogP contribution >= 0.6 is 11.6 Å². The van der Waals surface area contributed by atoms with Crippen LogP contribution in [0.2, 0.25) is 5.02 Å². The maximum atomic E-state index is 14.1. The zero-order valence-electron chi connectivity index (χ0n) is 18.7. The molecule has 16 heteroatoms. The van der Waals surface area contributed by atoms with Gasteiger partial charge in [-0.25, -0.2) is 9.18 Å². The summed E-state index contributed by atoms with van der Waals surface area (Å²) in [6.45, 7) is -1.44. The highest BCUT2D eigenvalue weighted by Crippen LogP contribution is 2.32. The highest BCUT2D eigenvalue weighted by Gasteiger charge is 2.37. The second-order valence-corrected chi connectivity index (χ2v) is 8.31. The van der Waals surface area contributed by atoms with Crippen LogP contribution in [0.1, 0.15) is 35.1 Å². The van der Waals surface area contributed by atoms with Crippen molar-refractivity contribution in [2.75, 3.05) is 19.8 Å². The number of amides is 2. The van der Waals surface area contributed by atoms with Gasteiger partial charge in [0, 0.05) is 24.2 Å². The Kier molecular flexibility index (Phi) is 7.63. The van der Waals surface area contributed by atoms with Crippen LogP contribution < -0.4 is 10.1 Å². The molecule has 2 atom stereocenters. The summed E-state index contributed by atoms with van der Waals surface area (Å²) in [7, 11) is 0. The molecule has 1 fully saturated rings. The minimum Gasteiger partial charge on any atom is -0.465 e. The lowest BCUT2D eigenvalue weighted by molar-refractivity contribution is -0.325. The van der Waals surface area contributed by atoms with E-state index in [0.29, 0.717) is 11.8 Å². The molecule has 1 saturated heterocycles. The standard InChI is InChI=1S/C21H18ClF4N5O6/c22-13-3-1-10-7-11(8-27-16(10)15(13)23)17(32)28-12-2-4-14(31(9-12)20(33)34)18-29-30-19(37-18)35-5-6-36-21(24,25)26/h1,3,7-8,12,14H,2,4-6,9H2,(H,28,32)(H,33,34)/t12-,14+/m0/s1. The molecule has 0 aliphatic carbocycles. The number of rotatable bonds is 7. The van der Waals surface area contributed by atoms with Crippen LogP contribution in [0.5, 0.6) is 6.08 Å². The van der Waals surface area contributed by atoms with Gasteiger partial charge in [0.15, 0.2) is 5.82 Å². The van der Waals surface area contributed by atoms with Crippen LogP contribution in [0.3, 0.4) is 0 Å². The number of piperidine rings is 1. The second-order valence-electron chi connectivity index (χ2n) is 7.90. The number of likely N-dealkylation sites (tertiary alicyclic amines) is 1. The van der Waals surface area contributed by atoms with Gasteiger partial charge in [-0.1, -0.05) is 22.8 Å². The monoisotopic (exact) mass is 547 g/mol. The van der Waals surface area contributed by atoms with Crippen molar-refractivity contribution in [3.8, 4) is 6.08 Å². The average molecular weight is 548 g/mol. The van der Waals surface area contributed by atoms with Crippen molar-refractivity contribution in [1.82, 2.24) is 25.4 Å². The first-order valence-corrected chi connectivity index (χ1v) is 11.1. The molecule has 37 heavy (non-hydrogen) atoms. The molecule has 0 spiro atoms. The SMILES string of the molecule is O=C(N[C@H]1CC[C@H](c2nnc(OCCOC(F)(F)F)o2)N(C(=O)O)C1)c1cnc2c(F)c(Cl)ccc2c1. The van der Waals surface area contributed by atoms with Gasteiger partial charge in [0.2, 0.25) is 5.89 Å². The van der Waals surface area contributed by atoms with Crippen LogP contribution in [0.4, 0.5) is 22.4 Å². The van der Waals surface area contributed by atoms with Gasteiger partial charge in [-0.3, -0.25) is 19.4 Å². The van der Waals surface area contributed by atoms with Crippen molar-refractivity contribution in [3.05, 3.63) is 46.7 Å². The molecule has 198 valence electrons. The fraction of sp³-hybridized carbons (Fsp3) is 0.381. The zero-order chi connectivity index (χ0) is 26.7. The Bertz CT molecular complexity index is 1310. The molecule has 2 aromatic heterocycles. The summed E-state index contributed by atoms with van der Waals surface area (Å²) < 4.78 is 63.9. The number of carbonyl (C=O) groups excluding carboxylic acids is 1. The Balaban J connectivity index is 1.37. The predicted molar refractivity (Wildman–Crippen MR) is 116 cm³/mol. The molecule has 0 bridgehead atoms. The molecule has 0 saturated carbocycles. The number of hydrogen-bond donors (Lipinski definition) is 2. The van der Waals surface area contributed by atoms with Crippen LogP contribution in [0.15, 0.2) is 28.8 Å². The van der Waals surface area contributed by atoms with Crippen molar-refractivity contribution in [2.24, 2.45) is 0 Å². The topological polar surface area (TPSA) is 140 Å². The minimum atomic E-state index is -4.81. The van der Waals surface area contributed by atoms with Crippen molar-refractivity contribution in [3.63, 3.8) is 0 Å². The fourth-order valence-electron chi connectivity index (χ4n) is 3.79. The van der Waals surface area contributed by atoms with Crippen LogP contribution in [-0.2, 0) is 4.74 Å². The number of benzene rings is 1. The average Bonchev–Trinajstić information content (AvgIpc) is 3.32. The number of hydrogen-bond acceptors (Lipinski definition) is 8. The van der Waals surface area contributed by atoms with E-state index in [9.17, 15) is 32.3 Å². The summed E-state index contributed by atoms with van der Waals surface area (Å²) in [5.41, 5.74) is 0.156. The molecule has 1 aliphatic heterocycles. The third-order valence-corrected chi connectivity index (χ3v) is 5.74. The smallest absolute Gasteiger partial charge is 0.465 e. The number of aromatic nitrogens is 3. The van der Waals surface area contributed by atoms with Gasteiger partial charge in [-0.15, -0.1) is 18.3 Å². The Morgan fingerprint density at radius 1 is 1.24 bits per heavy atom. The number of nitrogens with one attached hydrogen (secondary N) is 1. The minimum absolute atomic E-state index is 0.0115. The molecule has 2 N–H and O–H groups in total. The normalized spacial score (nSPS) is 18.1. The third kappa shape index (κ3) is 6.35. The van der Waals surface area contributed by atoms with Gasteiger partial charge in [-0.05, 0) is 25.0 Å². The Morgan fingerprint density at radius 2 is 2.03 bits per heavy atom. The molecule has 4 rings (SSSR count). The van der Waals surface area contributed by atoms with E-state index in [2.05, 4.69) is 25.2 Å². The largest absolute Gasteiger partial charge is 0.522 e. The summed E-state index contributed by atoms with van der Waals surface area (Å²) >= 11 is 5.75. The summed E-state index contributed by atoms with van der Waals surface area (Å²) in [4.78, 5) is 29.6.